The van der Waals surface area contributed by atoms with Gasteiger partial charge in [0.2, 0.25) is 0 Å². The fourth-order valence-corrected chi connectivity index (χ4v) is 1.63. The van der Waals surface area contributed by atoms with Crippen LogP contribution in [0.15, 0.2) is 0 Å². The van der Waals surface area contributed by atoms with Gasteiger partial charge in [0.1, 0.15) is 5.69 Å². The second-order valence-corrected chi connectivity index (χ2v) is 4.28. The van der Waals surface area contributed by atoms with E-state index in [2.05, 4.69) is 10.4 Å². The van der Waals surface area contributed by atoms with Crippen molar-refractivity contribution >= 4 is 11.9 Å². The van der Waals surface area contributed by atoms with Crippen LogP contribution < -0.4 is 10.1 Å². The van der Waals surface area contributed by atoms with Crippen LogP contribution in [0.5, 0.6) is 5.75 Å². The summed E-state index contributed by atoms with van der Waals surface area (Å²) in [5.41, 5.74) is 1.51. The first kappa shape index (κ1) is 16.0. The fourth-order valence-electron chi connectivity index (χ4n) is 1.63. The molecule has 0 radical (unpaired) electrons. The maximum atomic E-state index is 11.6. The highest BCUT2D eigenvalue weighted by Gasteiger charge is 2.18. The number of amides is 1. The summed E-state index contributed by atoms with van der Waals surface area (Å²) in [7, 11) is 3.05. The average Bonchev–Trinajstić information content (AvgIpc) is 2.61. The number of carbonyl (C=O) groups excluding carboxylic acids is 1. The van der Waals surface area contributed by atoms with Gasteiger partial charge in [-0.1, -0.05) is 0 Å². The third-order valence-corrected chi connectivity index (χ3v) is 2.83. The lowest BCUT2D eigenvalue weighted by molar-refractivity contribution is -0.148. The molecule has 8 nitrogen and oxygen atoms in total. The summed E-state index contributed by atoms with van der Waals surface area (Å²) in [4.78, 5) is 22.3. The van der Waals surface area contributed by atoms with Crippen LogP contribution in [0.3, 0.4) is 0 Å². The molecule has 0 bridgehead atoms. The molecule has 20 heavy (non-hydrogen) atoms. The molecular weight excluding hydrogens is 266 g/mol. The Labute approximate surface area is 116 Å². The molecule has 1 aromatic heterocycles. The number of hydrogen-bond donors (Lipinski definition) is 2. The van der Waals surface area contributed by atoms with Gasteiger partial charge in [-0.25, -0.2) is 4.79 Å². The molecule has 0 fully saturated rings. The molecule has 0 spiro atoms. The van der Waals surface area contributed by atoms with Crippen molar-refractivity contribution in [3.05, 3.63) is 11.4 Å². The van der Waals surface area contributed by atoms with Crippen molar-refractivity contribution in [3.8, 4) is 5.75 Å². The predicted molar refractivity (Wildman–Crippen MR) is 69.6 cm³/mol. The Balaban J connectivity index is 2.46. The van der Waals surface area contributed by atoms with Gasteiger partial charge in [0.25, 0.3) is 5.91 Å². The van der Waals surface area contributed by atoms with Crippen LogP contribution in [-0.2, 0) is 21.4 Å². The lowest BCUT2D eigenvalue weighted by atomic mass is 10.3. The van der Waals surface area contributed by atoms with Crippen LogP contribution in [0, 0.1) is 13.8 Å². The number of hydrogen-bond acceptors (Lipinski definition) is 5. The Bertz CT molecular complexity index is 498. The fraction of sp³-hybridized carbons (Fsp3) is 0.583. The summed E-state index contributed by atoms with van der Waals surface area (Å²) in [6.07, 6.45) is -1.07. The summed E-state index contributed by atoms with van der Waals surface area (Å²) in [6.45, 7) is 3.30. The summed E-state index contributed by atoms with van der Waals surface area (Å²) < 4.78 is 11.8. The molecule has 1 aromatic rings. The minimum Gasteiger partial charge on any atom is -0.480 e. The van der Waals surface area contributed by atoms with E-state index >= 15 is 0 Å². The zero-order valence-electron chi connectivity index (χ0n) is 12.0. The topological polar surface area (TPSA) is 103 Å². The molecule has 1 amide bonds. The number of aromatic nitrogens is 2. The van der Waals surface area contributed by atoms with E-state index in [4.69, 9.17) is 14.6 Å². The van der Waals surface area contributed by atoms with E-state index in [0.717, 1.165) is 5.69 Å². The molecule has 8 heteroatoms. The van der Waals surface area contributed by atoms with Crippen LogP contribution >= 0.6 is 0 Å². The molecule has 0 aliphatic carbocycles. The second kappa shape index (κ2) is 6.90. The zero-order valence-corrected chi connectivity index (χ0v) is 12.0. The SMILES string of the molecule is COC(CNC(=O)COc1c(C)nn(C)c1C)C(=O)O. The molecule has 0 saturated carbocycles. The molecule has 112 valence electrons. The highest BCUT2D eigenvalue weighted by molar-refractivity contribution is 5.79. The monoisotopic (exact) mass is 285 g/mol. The molecule has 0 aliphatic rings. The van der Waals surface area contributed by atoms with Crippen LogP contribution in [0.2, 0.25) is 0 Å². The second-order valence-electron chi connectivity index (χ2n) is 4.28. The van der Waals surface area contributed by atoms with Gasteiger partial charge in [-0.2, -0.15) is 5.10 Å². The molecule has 0 aromatic carbocycles. The van der Waals surface area contributed by atoms with Crippen LogP contribution in [0.1, 0.15) is 11.4 Å². The lowest BCUT2D eigenvalue weighted by Crippen LogP contribution is -2.39. The maximum absolute atomic E-state index is 11.6. The predicted octanol–water partition coefficient (Wildman–Crippen LogP) is -0.368. The molecule has 1 unspecified atom stereocenters. The first-order valence-electron chi connectivity index (χ1n) is 6.02. The quantitative estimate of drug-likeness (QED) is 0.708. The van der Waals surface area contributed by atoms with Crippen LogP contribution in [-0.4, -0.2) is 53.1 Å². The van der Waals surface area contributed by atoms with Gasteiger partial charge in [-0.3, -0.25) is 9.48 Å². The smallest absolute Gasteiger partial charge is 0.334 e. The van der Waals surface area contributed by atoms with E-state index in [1.807, 2.05) is 6.92 Å². The number of carboxylic acids is 1. The summed E-state index contributed by atoms with van der Waals surface area (Å²) in [6, 6.07) is 0. The molecule has 1 heterocycles. The first-order valence-corrected chi connectivity index (χ1v) is 6.02. The highest BCUT2D eigenvalue weighted by atomic mass is 16.5. The van der Waals surface area contributed by atoms with E-state index < -0.39 is 18.0 Å². The van der Waals surface area contributed by atoms with E-state index in [1.165, 1.54) is 7.11 Å². The Hall–Kier alpha value is -2.09. The minimum absolute atomic E-state index is 0.112. The minimum atomic E-state index is -1.13. The van der Waals surface area contributed by atoms with Gasteiger partial charge >= 0.3 is 5.97 Å². The molecule has 0 saturated heterocycles. The largest absolute Gasteiger partial charge is 0.480 e. The average molecular weight is 285 g/mol. The van der Waals surface area contributed by atoms with Gasteiger partial charge < -0.3 is 19.9 Å². The highest BCUT2D eigenvalue weighted by Crippen LogP contribution is 2.20. The third-order valence-electron chi connectivity index (χ3n) is 2.83. The number of aryl methyl sites for hydroxylation is 2. The van der Waals surface area contributed by atoms with Crippen molar-refractivity contribution in [3.63, 3.8) is 0 Å². The van der Waals surface area contributed by atoms with Crippen molar-refractivity contribution in [1.82, 2.24) is 15.1 Å². The summed E-state index contributed by atoms with van der Waals surface area (Å²) in [5.74, 6) is -0.993. The Kier molecular flexibility index (Phi) is 5.51. The molecule has 0 aliphatic heterocycles. The Morgan fingerprint density at radius 2 is 2.10 bits per heavy atom. The maximum Gasteiger partial charge on any atom is 0.334 e. The summed E-state index contributed by atoms with van der Waals surface area (Å²) >= 11 is 0. The number of carbonyl (C=O) groups is 2. The van der Waals surface area contributed by atoms with Gasteiger partial charge in [0.15, 0.2) is 18.5 Å². The van der Waals surface area contributed by atoms with Crippen LogP contribution in [0.4, 0.5) is 0 Å². The van der Waals surface area contributed by atoms with Gasteiger partial charge in [0.05, 0.1) is 12.2 Å². The standard InChI is InChI=1S/C12H19N3O5/c1-7-11(8(2)15(3)14-7)20-6-10(16)13-5-9(19-4)12(17)18/h9H,5-6H2,1-4H3,(H,13,16)(H,17,18). The van der Waals surface area contributed by atoms with Crippen molar-refractivity contribution < 1.29 is 24.2 Å². The normalized spacial score (nSPS) is 12.0. The molecular formula is C12H19N3O5. The van der Waals surface area contributed by atoms with Gasteiger partial charge in [0, 0.05) is 14.2 Å². The van der Waals surface area contributed by atoms with E-state index in [9.17, 15) is 9.59 Å². The van der Waals surface area contributed by atoms with Crippen molar-refractivity contribution in [2.75, 3.05) is 20.3 Å². The van der Waals surface area contributed by atoms with Gasteiger partial charge in [-0.05, 0) is 13.8 Å². The number of nitrogens with one attached hydrogen (secondary N) is 1. The number of ether oxygens (including phenoxy) is 2. The molecule has 1 rings (SSSR count). The number of rotatable bonds is 7. The van der Waals surface area contributed by atoms with Crippen molar-refractivity contribution in [1.29, 1.82) is 0 Å². The number of carboxylic acid groups (broad SMARTS) is 1. The van der Waals surface area contributed by atoms with Crippen LogP contribution in [0.25, 0.3) is 0 Å². The zero-order chi connectivity index (χ0) is 15.3. The van der Waals surface area contributed by atoms with E-state index in [1.54, 1.807) is 18.7 Å². The third kappa shape index (κ3) is 3.95. The Morgan fingerprint density at radius 1 is 1.45 bits per heavy atom. The first-order chi connectivity index (χ1) is 9.36. The van der Waals surface area contributed by atoms with Crippen molar-refractivity contribution in [2.24, 2.45) is 7.05 Å². The number of aliphatic carboxylic acids is 1. The number of nitrogens with zero attached hydrogens (tertiary/aromatic N) is 2. The molecule has 2 N–H and O–H groups in total. The lowest BCUT2D eigenvalue weighted by Gasteiger charge is -2.12. The van der Waals surface area contributed by atoms with Gasteiger partial charge in [-0.15, -0.1) is 0 Å². The van der Waals surface area contributed by atoms with E-state index in [0.29, 0.717) is 11.4 Å². The number of methoxy groups -OCH3 is 1. The Morgan fingerprint density at radius 3 is 2.55 bits per heavy atom. The molecule has 1 atom stereocenters. The van der Waals surface area contributed by atoms with Crippen molar-refractivity contribution in [2.45, 2.75) is 20.0 Å². The van der Waals surface area contributed by atoms with E-state index in [-0.39, 0.29) is 13.2 Å². The summed E-state index contributed by atoms with van der Waals surface area (Å²) in [5, 5.41) is 15.3.